The van der Waals surface area contributed by atoms with Crippen LogP contribution in [-0.4, -0.2) is 28.6 Å². The Bertz CT molecular complexity index is 871. The maximum atomic E-state index is 12.2. The van der Waals surface area contributed by atoms with Crippen LogP contribution < -0.4 is 10.1 Å². The van der Waals surface area contributed by atoms with Crippen LogP contribution in [-0.2, 0) is 6.54 Å². The molecule has 3 aromatic rings. The second kappa shape index (κ2) is 8.16. The fourth-order valence-electron chi connectivity index (χ4n) is 2.67. The molecule has 5 nitrogen and oxygen atoms in total. The molecule has 0 aliphatic heterocycles. The number of nitrogens with zero attached hydrogens (tertiary/aromatic N) is 2. The van der Waals surface area contributed by atoms with Gasteiger partial charge in [-0.2, -0.15) is 0 Å². The number of carbonyl (C=O) groups excluding carboxylic acids is 1. The van der Waals surface area contributed by atoms with Crippen molar-refractivity contribution in [2.45, 2.75) is 19.9 Å². The lowest BCUT2D eigenvalue weighted by Crippen LogP contribution is -2.27. The Morgan fingerprint density at radius 2 is 2.16 bits per heavy atom. The van der Waals surface area contributed by atoms with E-state index in [2.05, 4.69) is 26.2 Å². The number of hydrogen-bond donors (Lipinski definition) is 1. The van der Waals surface area contributed by atoms with E-state index in [-0.39, 0.29) is 5.91 Å². The maximum Gasteiger partial charge on any atom is 0.267 e. The highest BCUT2D eigenvalue weighted by molar-refractivity contribution is 9.10. The first-order valence-corrected chi connectivity index (χ1v) is 9.08. The van der Waals surface area contributed by atoms with Crippen LogP contribution in [0.15, 0.2) is 53.3 Å². The molecule has 1 aromatic carbocycles. The number of rotatable bonds is 7. The average Bonchev–Trinajstić information content (AvgIpc) is 3.02. The standard InChI is InChI=1S/C19H20BrN3O2/c1-2-23-13-15(20)12-16(23)19(24)22-10-5-11-25-17-8-3-6-14-7-4-9-21-18(14)17/h3-4,6-9,12-13H,2,5,10-11H2,1H3,(H,22,24). The van der Waals surface area contributed by atoms with Crippen molar-refractivity contribution in [3.63, 3.8) is 0 Å². The molecule has 0 fully saturated rings. The van der Waals surface area contributed by atoms with E-state index in [9.17, 15) is 4.79 Å². The predicted octanol–water partition coefficient (Wildman–Crippen LogP) is 4.02. The van der Waals surface area contributed by atoms with E-state index in [1.807, 2.05) is 54.1 Å². The number of aryl methyl sites for hydroxylation is 1. The van der Waals surface area contributed by atoms with Crippen LogP contribution in [0.4, 0.5) is 0 Å². The number of halogens is 1. The topological polar surface area (TPSA) is 56.2 Å². The molecule has 1 N–H and O–H groups in total. The zero-order chi connectivity index (χ0) is 17.6. The average molecular weight is 402 g/mol. The van der Waals surface area contributed by atoms with Crippen LogP contribution in [0.25, 0.3) is 10.9 Å². The maximum absolute atomic E-state index is 12.2. The van der Waals surface area contributed by atoms with E-state index >= 15 is 0 Å². The molecule has 0 radical (unpaired) electrons. The lowest BCUT2D eigenvalue weighted by Gasteiger charge is -2.10. The highest BCUT2D eigenvalue weighted by Crippen LogP contribution is 2.22. The van der Waals surface area contributed by atoms with E-state index in [0.29, 0.717) is 18.8 Å². The minimum atomic E-state index is -0.0700. The summed E-state index contributed by atoms with van der Waals surface area (Å²) in [5.41, 5.74) is 1.52. The molecular weight excluding hydrogens is 382 g/mol. The summed E-state index contributed by atoms with van der Waals surface area (Å²) < 4.78 is 8.65. The minimum Gasteiger partial charge on any atom is -0.491 e. The number of aromatic nitrogens is 2. The van der Waals surface area contributed by atoms with Gasteiger partial charge in [-0.3, -0.25) is 9.78 Å². The summed E-state index contributed by atoms with van der Waals surface area (Å²) in [4.78, 5) is 16.6. The fraction of sp³-hybridized carbons (Fsp3) is 0.263. The Balaban J connectivity index is 1.49. The highest BCUT2D eigenvalue weighted by Gasteiger charge is 2.11. The van der Waals surface area contributed by atoms with Gasteiger partial charge in [-0.25, -0.2) is 0 Å². The van der Waals surface area contributed by atoms with Crippen molar-refractivity contribution >= 4 is 32.7 Å². The summed E-state index contributed by atoms with van der Waals surface area (Å²) in [6, 6.07) is 11.6. The Morgan fingerprint density at radius 3 is 3.00 bits per heavy atom. The summed E-state index contributed by atoms with van der Waals surface area (Å²) in [7, 11) is 0. The van der Waals surface area contributed by atoms with E-state index < -0.39 is 0 Å². The molecule has 0 saturated heterocycles. The molecule has 130 valence electrons. The summed E-state index contributed by atoms with van der Waals surface area (Å²) >= 11 is 3.40. The number of fused-ring (bicyclic) bond motifs is 1. The summed E-state index contributed by atoms with van der Waals surface area (Å²) in [6.45, 7) is 3.85. The molecule has 25 heavy (non-hydrogen) atoms. The third-order valence-corrected chi connectivity index (χ3v) is 4.33. The number of para-hydroxylation sites is 1. The number of ether oxygens (including phenoxy) is 1. The van der Waals surface area contributed by atoms with Gasteiger partial charge in [-0.15, -0.1) is 0 Å². The van der Waals surface area contributed by atoms with Crippen molar-refractivity contribution in [1.29, 1.82) is 0 Å². The van der Waals surface area contributed by atoms with Gasteiger partial charge in [-0.1, -0.05) is 18.2 Å². The van der Waals surface area contributed by atoms with Crippen LogP contribution in [0, 0.1) is 0 Å². The predicted molar refractivity (Wildman–Crippen MR) is 102 cm³/mol. The van der Waals surface area contributed by atoms with E-state index in [0.717, 1.165) is 34.1 Å². The molecule has 6 heteroatoms. The number of amides is 1. The zero-order valence-corrected chi connectivity index (χ0v) is 15.6. The highest BCUT2D eigenvalue weighted by atomic mass is 79.9. The lowest BCUT2D eigenvalue weighted by atomic mass is 10.2. The first kappa shape index (κ1) is 17.5. The summed E-state index contributed by atoms with van der Waals surface area (Å²) in [6.07, 6.45) is 4.39. The fourth-order valence-corrected chi connectivity index (χ4v) is 3.13. The van der Waals surface area contributed by atoms with Crippen molar-refractivity contribution in [3.05, 3.63) is 59.0 Å². The van der Waals surface area contributed by atoms with Crippen LogP contribution in [0.5, 0.6) is 5.75 Å². The van der Waals surface area contributed by atoms with Crippen molar-refractivity contribution in [2.24, 2.45) is 0 Å². The number of pyridine rings is 1. The number of nitrogens with one attached hydrogen (secondary N) is 1. The number of carbonyl (C=O) groups is 1. The quantitative estimate of drug-likeness (QED) is 0.608. The van der Waals surface area contributed by atoms with Gasteiger partial charge in [0, 0.05) is 35.3 Å². The molecule has 1 amide bonds. The third-order valence-electron chi connectivity index (χ3n) is 3.90. The number of hydrogen-bond acceptors (Lipinski definition) is 3. The molecule has 0 bridgehead atoms. The Hall–Kier alpha value is -2.34. The van der Waals surface area contributed by atoms with Crippen molar-refractivity contribution in [2.75, 3.05) is 13.2 Å². The molecule has 3 rings (SSSR count). The largest absolute Gasteiger partial charge is 0.491 e. The first-order valence-electron chi connectivity index (χ1n) is 8.29. The monoisotopic (exact) mass is 401 g/mol. The molecule has 0 aliphatic carbocycles. The Morgan fingerprint density at radius 1 is 1.32 bits per heavy atom. The Labute approximate surface area is 155 Å². The first-order chi connectivity index (χ1) is 12.2. The van der Waals surface area contributed by atoms with Crippen molar-refractivity contribution in [1.82, 2.24) is 14.9 Å². The SMILES string of the molecule is CCn1cc(Br)cc1C(=O)NCCCOc1cccc2cccnc12. The smallest absolute Gasteiger partial charge is 0.267 e. The van der Waals surface area contributed by atoms with Gasteiger partial charge in [-0.05, 0) is 47.5 Å². The summed E-state index contributed by atoms with van der Waals surface area (Å²) in [5, 5.41) is 3.99. The molecule has 2 aromatic heterocycles. The molecule has 0 atom stereocenters. The van der Waals surface area contributed by atoms with Crippen LogP contribution in [0.3, 0.4) is 0 Å². The Kier molecular flexibility index (Phi) is 5.71. The minimum absolute atomic E-state index is 0.0700. The second-order valence-electron chi connectivity index (χ2n) is 5.62. The van der Waals surface area contributed by atoms with Gasteiger partial charge in [0.15, 0.2) is 0 Å². The van der Waals surface area contributed by atoms with Gasteiger partial charge in [0.05, 0.1) is 6.61 Å². The van der Waals surface area contributed by atoms with Crippen LogP contribution >= 0.6 is 15.9 Å². The van der Waals surface area contributed by atoms with Crippen molar-refractivity contribution < 1.29 is 9.53 Å². The molecule has 0 saturated carbocycles. The third kappa shape index (κ3) is 4.20. The van der Waals surface area contributed by atoms with Crippen molar-refractivity contribution in [3.8, 4) is 5.75 Å². The molecule has 0 unspecified atom stereocenters. The molecule has 0 aliphatic rings. The van der Waals surface area contributed by atoms with Gasteiger partial charge in [0.2, 0.25) is 0 Å². The van der Waals surface area contributed by atoms with E-state index in [1.54, 1.807) is 6.20 Å². The van der Waals surface area contributed by atoms with Gasteiger partial charge in [0.1, 0.15) is 17.0 Å². The normalized spacial score (nSPS) is 10.8. The second-order valence-corrected chi connectivity index (χ2v) is 6.53. The molecular formula is C19H20BrN3O2. The molecule has 0 spiro atoms. The zero-order valence-electron chi connectivity index (χ0n) is 14.0. The van der Waals surface area contributed by atoms with Gasteiger partial charge < -0.3 is 14.6 Å². The van der Waals surface area contributed by atoms with Gasteiger partial charge >= 0.3 is 0 Å². The van der Waals surface area contributed by atoms with E-state index in [1.165, 1.54) is 0 Å². The molecule has 2 heterocycles. The van der Waals surface area contributed by atoms with Crippen LogP contribution in [0.2, 0.25) is 0 Å². The summed E-state index contributed by atoms with van der Waals surface area (Å²) in [5.74, 6) is 0.701. The van der Waals surface area contributed by atoms with Gasteiger partial charge in [0.25, 0.3) is 5.91 Å². The van der Waals surface area contributed by atoms with E-state index in [4.69, 9.17) is 4.74 Å². The van der Waals surface area contributed by atoms with Crippen LogP contribution in [0.1, 0.15) is 23.8 Å². The number of benzene rings is 1. The lowest BCUT2D eigenvalue weighted by molar-refractivity contribution is 0.0942.